The molecule has 1 atom stereocenters. The van der Waals surface area contributed by atoms with E-state index in [4.69, 9.17) is 10.4 Å². The van der Waals surface area contributed by atoms with Gasteiger partial charge in [0.25, 0.3) is 0 Å². The van der Waals surface area contributed by atoms with Crippen LogP contribution in [-0.2, 0) is 0 Å². The summed E-state index contributed by atoms with van der Waals surface area (Å²) in [5.41, 5.74) is 15.7. The standard InChI is InChI=1S/C53H37N3/c54-33-14-4-11-26-48-55-46(36-16-5-1-6-17-36)34-47(56-48)37-29-27-35(28-30-37)40-31-32-45-51-41(40)24-15-25-44(51)52-49(38-18-7-2-8-19-38)42-22-12-13-23-43(42)50(53(45)52)39-20-9-3-10-21-39/h1-34,46,54H,(H,55,56)/b14-4-,26-11+,54-33?. The second-order valence-electron chi connectivity index (χ2n) is 14.2. The molecule has 0 bridgehead atoms. The van der Waals surface area contributed by atoms with Crippen LogP contribution in [0.1, 0.15) is 17.2 Å². The molecule has 56 heavy (non-hydrogen) atoms. The van der Waals surface area contributed by atoms with Gasteiger partial charge in [-0.15, -0.1) is 0 Å². The highest BCUT2D eigenvalue weighted by Crippen LogP contribution is 2.58. The van der Waals surface area contributed by atoms with Crippen molar-refractivity contribution in [3.8, 4) is 55.6 Å². The van der Waals surface area contributed by atoms with Crippen LogP contribution >= 0.6 is 0 Å². The van der Waals surface area contributed by atoms with Crippen LogP contribution < -0.4 is 5.32 Å². The first-order valence-corrected chi connectivity index (χ1v) is 19.1. The van der Waals surface area contributed by atoms with Gasteiger partial charge in [0.15, 0.2) is 0 Å². The molecule has 0 saturated heterocycles. The van der Waals surface area contributed by atoms with E-state index < -0.39 is 0 Å². The van der Waals surface area contributed by atoms with Crippen LogP contribution in [0.15, 0.2) is 205 Å². The number of hydrogen-bond donors (Lipinski definition) is 2. The average Bonchev–Trinajstić information content (AvgIpc) is 3.60. The lowest BCUT2D eigenvalue weighted by atomic mass is 9.82. The van der Waals surface area contributed by atoms with Crippen molar-refractivity contribution in [2.45, 2.75) is 6.04 Å². The zero-order valence-corrected chi connectivity index (χ0v) is 30.7. The summed E-state index contributed by atoms with van der Waals surface area (Å²) in [6.07, 6.45) is 10.9. The minimum absolute atomic E-state index is 0.0221. The number of amidine groups is 1. The molecular weight excluding hydrogens is 679 g/mol. The molecule has 3 heteroatoms. The van der Waals surface area contributed by atoms with Crippen molar-refractivity contribution in [1.82, 2.24) is 5.32 Å². The lowest BCUT2D eigenvalue weighted by molar-refractivity contribution is 0.783. The van der Waals surface area contributed by atoms with Crippen molar-refractivity contribution in [3.05, 3.63) is 211 Å². The minimum atomic E-state index is -0.0221. The lowest BCUT2D eigenvalue weighted by Gasteiger charge is -2.23. The lowest BCUT2D eigenvalue weighted by Crippen LogP contribution is -2.28. The van der Waals surface area contributed by atoms with Gasteiger partial charge in [-0.3, -0.25) is 0 Å². The predicted octanol–water partition coefficient (Wildman–Crippen LogP) is 13.5. The molecule has 0 amide bonds. The fourth-order valence-corrected chi connectivity index (χ4v) is 8.59. The van der Waals surface area contributed by atoms with Gasteiger partial charge in [-0.25, -0.2) is 4.99 Å². The maximum atomic E-state index is 7.30. The van der Waals surface area contributed by atoms with Crippen LogP contribution in [0.2, 0.25) is 0 Å². The van der Waals surface area contributed by atoms with Crippen molar-refractivity contribution in [1.29, 1.82) is 5.41 Å². The first kappa shape index (κ1) is 33.2. The molecule has 0 radical (unpaired) electrons. The van der Waals surface area contributed by atoms with Crippen LogP contribution in [-0.4, -0.2) is 12.1 Å². The van der Waals surface area contributed by atoms with Crippen LogP contribution in [0.4, 0.5) is 0 Å². The van der Waals surface area contributed by atoms with Gasteiger partial charge in [0, 0.05) is 6.21 Å². The number of nitrogens with zero attached hydrogens (tertiary/aromatic N) is 1. The molecular formula is C53H37N3. The number of hydrogen-bond acceptors (Lipinski definition) is 3. The Kier molecular flexibility index (Phi) is 8.38. The summed E-state index contributed by atoms with van der Waals surface area (Å²) in [7, 11) is 0. The van der Waals surface area contributed by atoms with Gasteiger partial charge < -0.3 is 10.7 Å². The van der Waals surface area contributed by atoms with Crippen molar-refractivity contribution in [3.63, 3.8) is 0 Å². The highest BCUT2D eigenvalue weighted by atomic mass is 15.0. The van der Waals surface area contributed by atoms with Gasteiger partial charge in [-0.1, -0.05) is 182 Å². The molecule has 1 heterocycles. The summed E-state index contributed by atoms with van der Waals surface area (Å²) < 4.78 is 0. The maximum absolute atomic E-state index is 7.30. The van der Waals surface area contributed by atoms with Gasteiger partial charge in [-0.2, -0.15) is 0 Å². The quantitative estimate of drug-likeness (QED) is 0.119. The molecule has 1 aliphatic carbocycles. The van der Waals surface area contributed by atoms with Crippen molar-refractivity contribution < 1.29 is 0 Å². The summed E-state index contributed by atoms with van der Waals surface area (Å²) in [6.45, 7) is 0. The van der Waals surface area contributed by atoms with E-state index in [9.17, 15) is 0 Å². The van der Waals surface area contributed by atoms with E-state index in [-0.39, 0.29) is 6.04 Å². The summed E-state index contributed by atoms with van der Waals surface area (Å²) in [4.78, 5) is 5.01. The van der Waals surface area contributed by atoms with Gasteiger partial charge >= 0.3 is 0 Å². The molecule has 2 aliphatic rings. The summed E-state index contributed by atoms with van der Waals surface area (Å²) >= 11 is 0. The third-order valence-electron chi connectivity index (χ3n) is 11.0. The monoisotopic (exact) mass is 715 g/mol. The highest BCUT2D eigenvalue weighted by Gasteiger charge is 2.31. The topological polar surface area (TPSA) is 48.2 Å². The fraction of sp³-hybridized carbons (Fsp3) is 0.0189. The molecule has 1 aliphatic heterocycles. The van der Waals surface area contributed by atoms with Crippen molar-refractivity contribution in [2.75, 3.05) is 0 Å². The molecule has 8 aromatic rings. The number of fused-ring (bicyclic) bond motifs is 4. The van der Waals surface area contributed by atoms with Gasteiger partial charge in [-0.05, 0) is 107 Å². The largest absolute Gasteiger partial charge is 0.360 e. The number of aliphatic imine (C=N–C) groups is 1. The van der Waals surface area contributed by atoms with E-state index in [0.717, 1.165) is 17.1 Å². The third-order valence-corrected chi connectivity index (χ3v) is 11.0. The van der Waals surface area contributed by atoms with Gasteiger partial charge in [0.1, 0.15) is 5.84 Å². The molecule has 0 aromatic heterocycles. The zero-order chi connectivity index (χ0) is 37.4. The Morgan fingerprint density at radius 3 is 1.64 bits per heavy atom. The van der Waals surface area contributed by atoms with Crippen LogP contribution in [0.5, 0.6) is 0 Å². The second-order valence-corrected chi connectivity index (χ2v) is 14.2. The van der Waals surface area contributed by atoms with Crippen LogP contribution in [0.3, 0.4) is 0 Å². The van der Waals surface area contributed by atoms with Crippen molar-refractivity contribution >= 4 is 39.3 Å². The summed E-state index contributed by atoms with van der Waals surface area (Å²) in [5, 5.41) is 16.0. The summed E-state index contributed by atoms with van der Waals surface area (Å²) in [5.74, 6) is 0.777. The van der Waals surface area contributed by atoms with Crippen LogP contribution in [0.25, 0.3) is 82.9 Å². The Morgan fingerprint density at radius 1 is 0.446 bits per heavy atom. The van der Waals surface area contributed by atoms with E-state index in [2.05, 4.69) is 175 Å². The first-order chi connectivity index (χ1) is 27.8. The van der Waals surface area contributed by atoms with E-state index >= 15 is 0 Å². The van der Waals surface area contributed by atoms with Crippen molar-refractivity contribution in [2.24, 2.45) is 4.99 Å². The zero-order valence-electron chi connectivity index (χ0n) is 30.7. The second kappa shape index (κ2) is 14.1. The third kappa shape index (κ3) is 5.69. The molecule has 10 rings (SSSR count). The normalized spacial score (nSPS) is 14.5. The van der Waals surface area contributed by atoms with E-state index in [1.54, 1.807) is 6.08 Å². The Labute approximate surface area is 326 Å². The van der Waals surface area contributed by atoms with E-state index in [1.165, 1.54) is 89.0 Å². The van der Waals surface area contributed by atoms with E-state index in [0.29, 0.717) is 0 Å². The van der Waals surface area contributed by atoms with Crippen LogP contribution in [0, 0.1) is 5.41 Å². The maximum Gasteiger partial charge on any atom is 0.127 e. The molecule has 8 aromatic carbocycles. The Morgan fingerprint density at radius 2 is 1.00 bits per heavy atom. The van der Waals surface area contributed by atoms with Gasteiger partial charge in [0.2, 0.25) is 0 Å². The number of allylic oxidation sites excluding steroid dienone is 3. The number of benzene rings is 8. The average molecular weight is 716 g/mol. The number of nitrogens with one attached hydrogen (secondary N) is 2. The minimum Gasteiger partial charge on any atom is -0.360 e. The molecule has 3 nitrogen and oxygen atoms in total. The highest BCUT2D eigenvalue weighted by molar-refractivity contribution is 6.28. The SMILES string of the molecule is N=C/C=C\C=C\C1=NC(c2ccc(-c3ccc4c5c(cccc35)-c3c-4c(-c4ccccc4)c4ccccc4c3-c3ccccc3)cc2)=CC(c2ccccc2)N1. The summed E-state index contributed by atoms with van der Waals surface area (Å²) in [6, 6.07) is 61.5. The first-order valence-electron chi connectivity index (χ1n) is 19.1. The Balaban J connectivity index is 1.12. The molecule has 0 fully saturated rings. The molecule has 264 valence electrons. The smallest absolute Gasteiger partial charge is 0.127 e. The molecule has 0 saturated carbocycles. The Hall–Kier alpha value is -7.36. The van der Waals surface area contributed by atoms with E-state index in [1.807, 2.05) is 24.3 Å². The van der Waals surface area contributed by atoms with Gasteiger partial charge in [0.05, 0.1) is 11.7 Å². The molecule has 1 unspecified atom stereocenters. The molecule has 0 spiro atoms. The fourth-order valence-electron chi connectivity index (χ4n) is 8.59. The number of rotatable bonds is 8. The molecule has 2 N–H and O–H groups in total. The predicted molar refractivity (Wildman–Crippen MR) is 237 cm³/mol. The Bertz CT molecular complexity index is 2830.